The lowest BCUT2D eigenvalue weighted by Gasteiger charge is -2.54. The zero-order chi connectivity index (χ0) is 21.0. The quantitative estimate of drug-likeness (QED) is 0.521. The van der Waals surface area contributed by atoms with Gasteiger partial charge in [0.25, 0.3) is 0 Å². The van der Waals surface area contributed by atoms with Crippen LogP contribution in [-0.2, 0) is 6.54 Å². The Morgan fingerprint density at radius 2 is 1.41 bits per heavy atom. The zero-order valence-electron chi connectivity index (χ0n) is 18.3. The van der Waals surface area contributed by atoms with Gasteiger partial charge in [0.15, 0.2) is 0 Å². The molecule has 0 aromatic heterocycles. The van der Waals surface area contributed by atoms with Crippen LogP contribution in [0.5, 0.6) is 5.75 Å². The average Bonchev–Trinajstić information content (AvgIpc) is 2.85. The number of methoxy groups -OCH3 is 1. The molecule has 3 aromatic rings. The van der Waals surface area contributed by atoms with Crippen molar-refractivity contribution in [3.63, 3.8) is 0 Å². The summed E-state index contributed by atoms with van der Waals surface area (Å²) in [5, 5.41) is 3.99. The van der Waals surface area contributed by atoms with E-state index in [-0.39, 0.29) is 7.43 Å². The van der Waals surface area contributed by atoms with Gasteiger partial charge in [0, 0.05) is 30.1 Å². The van der Waals surface area contributed by atoms with Crippen LogP contribution in [-0.4, -0.2) is 37.2 Å². The van der Waals surface area contributed by atoms with Gasteiger partial charge in [-0.15, -0.1) is 0 Å². The molecule has 0 radical (unpaired) electrons. The summed E-state index contributed by atoms with van der Waals surface area (Å²) in [7, 11) is 1.76. The molecule has 0 spiro atoms. The number of nitrogens with zero attached hydrogens (tertiary/aromatic N) is 1. The normalized spacial score (nSPS) is 24.2. The molecule has 32 heavy (non-hydrogen) atoms. The fourth-order valence-corrected chi connectivity index (χ4v) is 5.77. The molecule has 168 valence electrons. The molecule has 2 atom stereocenters. The van der Waals surface area contributed by atoms with Crippen molar-refractivity contribution in [1.29, 1.82) is 0 Å². The number of rotatable bonds is 7. The minimum atomic E-state index is 0. The van der Waals surface area contributed by atoms with Crippen LogP contribution in [0.15, 0.2) is 84.9 Å². The molecule has 3 saturated heterocycles. The predicted molar refractivity (Wildman–Crippen MR) is 133 cm³/mol. The van der Waals surface area contributed by atoms with Crippen molar-refractivity contribution < 1.29 is 4.74 Å². The third kappa shape index (κ3) is 4.46. The third-order valence-corrected chi connectivity index (χ3v) is 7.25. The Hall–Kier alpha value is -2.62. The Kier molecular flexibility index (Phi) is 7.29. The number of fused-ring (bicyclic) bond motifs is 3. The number of nitrogens with one attached hydrogen (secondary N) is 1. The van der Waals surface area contributed by atoms with E-state index in [1.165, 1.54) is 42.6 Å². The number of ether oxygens (including phenoxy) is 1. The summed E-state index contributed by atoms with van der Waals surface area (Å²) in [6.45, 7) is 3.25. The molecule has 2 bridgehead atoms. The summed E-state index contributed by atoms with van der Waals surface area (Å²) in [6.07, 6.45) is 2.58. The average molecular weight is 429 g/mol. The van der Waals surface area contributed by atoms with Gasteiger partial charge in [-0.1, -0.05) is 86.3 Å². The van der Waals surface area contributed by atoms with Crippen molar-refractivity contribution in [2.24, 2.45) is 5.92 Å². The smallest absolute Gasteiger partial charge is 0.123 e. The SMILES string of the molecule is C.COc1ccccc1CNC1C2CCN(CC2)C1C(c1ccccc1)c1ccccc1. The second-order valence-corrected chi connectivity index (χ2v) is 8.88. The highest BCUT2D eigenvalue weighted by Crippen LogP contribution is 2.42. The number of piperidine rings is 3. The lowest BCUT2D eigenvalue weighted by atomic mass is 9.70. The van der Waals surface area contributed by atoms with E-state index in [0.717, 1.165) is 18.2 Å². The van der Waals surface area contributed by atoms with Crippen LogP contribution in [0.1, 0.15) is 42.9 Å². The molecule has 3 aromatic carbocycles. The Balaban J connectivity index is 0.00000245. The molecule has 3 aliphatic heterocycles. The van der Waals surface area contributed by atoms with Crippen LogP contribution in [0.25, 0.3) is 0 Å². The van der Waals surface area contributed by atoms with Crippen LogP contribution in [0.4, 0.5) is 0 Å². The van der Waals surface area contributed by atoms with Crippen molar-refractivity contribution >= 4 is 0 Å². The lowest BCUT2D eigenvalue weighted by Crippen LogP contribution is -2.64. The first-order valence-corrected chi connectivity index (χ1v) is 11.5. The zero-order valence-corrected chi connectivity index (χ0v) is 18.3. The molecule has 0 aliphatic carbocycles. The van der Waals surface area contributed by atoms with Gasteiger partial charge in [-0.2, -0.15) is 0 Å². The molecule has 3 heteroatoms. The molecule has 3 nitrogen and oxygen atoms in total. The Morgan fingerprint density at radius 1 is 0.844 bits per heavy atom. The largest absolute Gasteiger partial charge is 0.496 e. The van der Waals surface area contributed by atoms with Crippen LogP contribution >= 0.6 is 0 Å². The van der Waals surface area contributed by atoms with E-state index < -0.39 is 0 Å². The number of benzene rings is 3. The van der Waals surface area contributed by atoms with Crippen molar-refractivity contribution in [3.05, 3.63) is 102 Å². The van der Waals surface area contributed by atoms with Gasteiger partial charge in [0.05, 0.1) is 7.11 Å². The molecular weight excluding hydrogens is 392 g/mol. The summed E-state index contributed by atoms with van der Waals surface area (Å²) in [6, 6.07) is 31.5. The first kappa shape index (κ1) is 22.6. The number of hydrogen-bond acceptors (Lipinski definition) is 3. The minimum Gasteiger partial charge on any atom is -0.496 e. The van der Waals surface area contributed by atoms with Gasteiger partial charge < -0.3 is 10.1 Å². The molecule has 3 heterocycles. The summed E-state index contributed by atoms with van der Waals surface area (Å²) >= 11 is 0. The van der Waals surface area contributed by atoms with Gasteiger partial charge >= 0.3 is 0 Å². The fraction of sp³-hybridized carbons (Fsp3) is 0.379. The molecule has 3 fully saturated rings. The Morgan fingerprint density at radius 3 is 2.00 bits per heavy atom. The third-order valence-electron chi connectivity index (χ3n) is 7.25. The van der Waals surface area contributed by atoms with Crippen molar-refractivity contribution in [2.45, 2.75) is 44.8 Å². The lowest BCUT2D eigenvalue weighted by molar-refractivity contribution is 0.00462. The van der Waals surface area contributed by atoms with Crippen molar-refractivity contribution in [3.8, 4) is 5.75 Å². The van der Waals surface area contributed by atoms with Gasteiger partial charge in [-0.05, 0) is 49.0 Å². The van der Waals surface area contributed by atoms with Crippen LogP contribution in [0, 0.1) is 5.92 Å². The topological polar surface area (TPSA) is 24.5 Å². The summed E-state index contributed by atoms with van der Waals surface area (Å²) in [5.74, 6) is 2.05. The first-order valence-electron chi connectivity index (χ1n) is 11.5. The van der Waals surface area contributed by atoms with E-state index in [9.17, 15) is 0 Å². The highest BCUT2D eigenvalue weighted by atomic mass is 16.5. The van der Waals surface area contributed by atoms with Crippen LogP contribution in [0.3, 0.4) is 0 Å². The van der Waals surface area contributed by atoms with Crippen molar-refractivity contribution in [1.82, 2.24) is 10.2 Å². The second-order valence-electron chi connectivity index (χ2n) is 8.88. The van der Waals surface area contributed by atoms with Gasteiger partial charge in [0.2, 0.25) is 0 Å². The molecule has 1 N–H and O–H groups in total. The fourth-order valence-electron chi connectivity index (χ4n) is 5.77. The second kappa shape index (κ2) is 10.3. The van der Waals surface area contributed by atoms with E-state index in [1.54, 1.807) is 7.11 Å². The van der Waals surface area contributed by atoms with E-state index >= 15 is 0 Å². The highest BCUT2D eigenvalue weighted by Gasteiger charge is 2.46. The molecular formula is C29H36N2O. The van der Waals surface area contributed by atoms with Gasteiger partial charge in [0.1, 0.15) is 5.75 Å². The number of hydrogen-bond donors (Lipinski definition) is 1. The van der Waals surface area contributed by atoms with E-state index in [4.69, 9.17) is 4.74 Å². The first-order chi connectivity index (χ1) is 15.3. The predicted octanol–water partition coefficient (Wildman–Crippen LogP) is 5.72. The van der Waals surface area contributed by atoms with E-state index in [0.29, 0.717) is 18.0 Å². The van der Waals surface area contributed by atoms with E-state index in [2.05, 4.69) is 89.1 Å². The van der Waals surface area contributed by atoms with Crippen molar-refractivity contribution in [2.75, 3.05) is 20.2 Å². The standard InChI is InChI=1S/C28H32N2O.CH4/c1-31-25-15-9-8-14-24(25)20-29-27-23-16-18-30(19-17-23)28(27)26(21-10-4-2-5-11-21)22-12-6-3-7-13-22;/h2-15,23,26-29H,16-20H2,1H3;1H4. The van der Waals surface area contributed by atoms with Crippen LogP contribution in [0.2, 0.25) is 0 Å². The molecule has 6 rings (SSSR count). The number of para-hydroxylation sites is 1. The summed E-state index contributed by atoms with van der Waals surface area (Å²) < 4.78 is 5.61. The van der Waals surface area contributed by atoms with Gasteiger partial charge in [-0.25, -0.2) is 0 Å². The monoisotopic (exact) mass is 428 g/mol. The molecule has 0 amide bonds. The van der Waals surface area contributed by atoms with Crippen LogP contribution < -0.4 is 10.1 Å². The summed E-state index contributed by atoms with van der Waals surface area (Å²) in [4.78, 5) is 2.74. The minimum absolute atomic E-state index is 0. The maximum Gasteiger partial charge on any atom is 0.123 e. The molecule has 3 aliphatic rings. The maximum absolute atomic E-state index is 5.61. The van der Waals surface area contributed by atoms with Gasteiger partial charge in [-0.3, -0.25) is 4.90 Å². The molecule has 2 unspecified atom stereocenters. The summed E-state index contributed by atoms with van der Waals surface area (Å²) in [5.41, 5.74) is 4.06. The Labute approximate surface area is 193 Å². The Bertz CT molecular complexity index is 927. The van der Waals surface area contributed by atoms with E-state index in [1.807, 2.05) is 6.07 Å². The highest BCUT2D eigenvalue weighted by molar-refractivity contribution is 5.37. The molecule has 0 saturated carbocycles. The maximum atomic E-state index is 5.61.